The van der Waals surface area contributed by atoms with Crippen LogP contribution in [0.2, 0.25) is 0 Å². The SMILES string of the molecule is CCCCCC1CCC(c2ccc(C(=O)OC(C)C(F)(F)F)cc2)CC1. The maximum absolute atomic E-state index is 12.5. The van der Waals surface area contributed by atoms with Crippen molar-refractivity contribution in [2.75, 3.05) is 0 Å². The summed E-state index contributed by atoms with van der Waals surface area (Å²) in [6.45, 7) is 3.06. The predicted octanol–water partition coefficient (Wildman–Crippen LogP) is 6.65. The quantitative estimate of drug-likeness (QED) is 0.397. The van der Waals surface area contributed by atoms with Gasteiger partial charge in [0.15, 0.2) is 6.10 Å². The van der Waals surface area contributed by atoms with Gasteiger partial charge in [0.05, 0.1) is 5.56 Å². The lowest BCUT2D eigenvalue weighted by molar-refractivity contribution is -0.198. The number of benzene rings is 1. The maximum Gasteiger partial charge on any atom is 0.425 e. The Bertz CT molecular complexity index is 558. The van der Waals surface area contributed by atoms with Gasteiger partial charge in [-0.2, -0.15) is 13.2 Å². The number of carbonyl (C=O) groups is 1. The van der Waals surface area contributed by atoms with Crippen LogP contribution in [0.4, 0.5) is 13.2 Å². The van der Waals surface area contributed by atoms with E-state index in [2.05, 4.69) is 11.7 Å². The number of halogens is 3. The van der Waals surface area contributed by atoms with Crippen molar-refractivity contribution >= 4 is 5.97 Å². The highest BCUT2D eigenvalue weighted by molar-refractivity contribution is 5.89. The van der Waals surface area contributed by atoms with Crippen molar-refractivity contribution in [2.24, 2.45) is 5.92 Å². The van der Waals surface area contributed by atoms with Crippen LogP contribution in [0, 0.1) is 5.92 Å². The van der Waals surface area contributed by atoms with E-state index < -0.39 is 18.2 Å². The molecule has 0 heterocycles. The number of esters is 1. The van der Waals surface area contributed by atoms with Crippen molar-refractivity contribution < 1.29 is 22.7 Å². The van der Waals surface area contributed by atoms with Gasteiger partial charge in [-0.25, -0.2) is 4.79 Å². The molecule has 1 saturated carbocycles. The van der Waals surface area contributed by atoms with Crippen molar-refractivity contribution in [3.05, 3.63) is 35.4 Å². The van der Waals surface area contributed by atoms with Crippen molar-refractivity contribution in [1.29, 1.82) is 0 Å². The summed E-state index contributed by atoms with van der Waals surface area (Å²) >= 11 is 0. The van der Waals surface area contributed by atoms with Gasteiger partial charge in [-0.15, -0.1) is 0 Å². The fraction of sp³-hybridized carbons (Fsp3) is 0.667. The first-order valence-corrected chi connectivity index (χ1v) is 9.69. The minimum Gasteiger partial charge on any atom is -0.449 e. The molecule has 0 aliphatic heterocycles. The molecular weight excluding hydrogens is 341 g/mol. The van der Waals surface area contributed by atoms with Crippen LogP contribution >= 0.6 is 0 Å². The first-order valence-electron chi connectivity index (χ1n) is 9.69. The highest BCUT2D eigenvalue weighted by Crippen LogP contribution is 2.37. The van der Waals surface area contributed by atoms with E-state index in [1.165, 1.54) is 38.5 Å². The molecule has 1 aromatic carbocycles. The summed E-state index contributed by atoms with van der Waals surface area (Å²) in [5.74, 6) is 0.383. The summed E-state index contributed by atoms with van der Waals surface area (Å²) in [4.78, 5) is 11.8. The zero-order chi connectivity index (χ0) is 19.2. The lowest BCUT2D eigenvalue weighted by atomic mass is 9.77. The van der Waals surface area contributed by atoms with Crippen LogP contribution in [-0.4, -0.2) is 18.2 Å². The number of ether oxygens (including phenoxy) is 1. The highest BCUT2D eigenvalue weighted by atomic mass is 19.4. The van der Waals surface area contributed by atoms with E-state index >= 15 is 0 Å². The summed E-state index contributed by atoms with van der Waals surface area (Å²) in [5.41, 5.74) is 1.33. The van der Waals surface area contributed by atoms with Gasteiger partial charge >= 0.3 is 12.1 Å². The number of hydrogen-bond donors (Lipinski definition) is 0. The normalized spacial score (nSPS) is 22.0. The van der Waals surface area contributed by atoms with E-state index in [1.807, 2.05) is 12.1 Å². The van der Waals surface area contributed by atoms with Crippen LogP contribution in [0.5, 0.6) is 0 Å². The Morgan fingerprint density at radius 1 is 1.12 bits per heavy atom. The average Bonchev–Trinajstić information content (AvgIpc) is 2.62. The van der Waals surface area contributed by atoms with Gasteiger partial charge < -0.3 is 4.74 Å². The first kappa shape index (κ1) is 20.8. The Morgan fingerprint density at radius 2 is 1.73 bits per heavy atom. The second kappa shape index (κ2) is 9.43. The van der Waals surface area contributed by atoms with E-state index in [-0.39, 0.29) is 5.56 Å². The van der Waals surface area contributed by atoms with Crippen LogP contribution in [0.1, 0.15) is 87.1 Å². The third-order valence-electron chi connectivity index (χ3n) is 5.43. The van der Waals surface area contributed by atoms with E-state index in [1.54, 1.807) is 12.1 Å². The van der Waals surface area contributed by atoms with Gasteiger partial charge in [-0.1, -0.05) is 44.7 Å². The first-order chi connectivity index (χ1) is 12.3. The Hall–Kier alpha value is -1.52. The Labute approximate surface area is 154 Å². The lowest BCUT2D eigenvalue weighted by Crippen LogP contribution is -2.30. The minimum atomic E-state index is -4.54. The number of rotatable bonds is 7. The van der Waals surface area contributed by atoms with Crippen LogP contribution in [0.15, 0.2) is 24.3 Å². The molecule has 0 radical (unpaired) electrons. The zero-order valence-electron chi connectivity index (χ0n) is 15.6. The van der Waals surface area contributed by atoms with Gasteiger partial charge in [0.2, 0.25) is 0 Å². The van der Waals surface area contributed by atoms with Gasteiger partial charge in [0.25, 0.3) is 0 Å². The van der Waals surface area contributed by atoms with Crippen LogP contribution in [0.25, 0.3) is 0 Å². The molecule has 0 bridgehead atoms. The summed E-state index contributed by atoms with van der Waals surface area (Å²) in [6.07, 6.45) is 3.33. The largest absolute Gasteiger partial charge is 0.449 e. The molecule has 1 atom stereocenters. The molecular formula is C21H29F3O2. The monoisotopic (exact) mass is 370 g/mol. The topological polar surface area (TPSA) is 26.3 Å². The second-order valence-electron chi connectivity index (χ2n) is 7.42. The summed E-state index contributed by atoms with van der Waals surface area (Å²) in [5, 5.41) is 0. The van der Waals surface area contributed by atoms with E-state index in [9.17, 15) is 18.0 Å². The number of unbranched alkanes of at least 4 members (excludes halogenated alkanes) is 2. The third-order valence-corrected chi connectivity index (χ3v) is 5.43. The number of hydrogen-bond acceptors (Lipinski definition) is 2. The molecule has 2 nitrogen and oxygen atoms in total. The Balaban J connectivity index is 1.85. The van der Waals surface area contributed by atoms with Gasteiger partial charge in [0, 0.05) is 0 Å². The summed E-state index contributed by atoms with van der Waals surface area (Å²) in [6, 6.07) is 6.87. The van der Waals surface area contributed by atoms with Gasteiger partial charge in [0.1, 0.15) is 0 Å². The Kier molecular flexibility index (Phi) is 7.54. The Morgan fingerprint density at radius 3 is 2.27 bits per heavy atom. The van der Waals surface area contributed by atoms with Gasteiger partial charge in [-0.05, 0) is 62.1 Å². The third kappa shape index (κ3) is 6.03. The molecule has 1 aliphatic rings. The summed E-state index contributed by atoms with van der Waals surface area (Å²) in [7, 11) is 0. The fourth-order valence-corrected chi connectivity index (χ4v) is 3.65. The molecule has 146 valence electrons. The van der Waals surface area contributed by atoms with Crippen molar-refractivity contribution in [1.82, 2.24) is 0 Å². The van der Waals surface area contributed by atoms with Crippen molar-refractivity contribution in [3.63, 3.8) is 0 Å². The van der Waals surface area contributed by atoms with Gasteiger partial charge in [-0.3, -0.25) is 0 Å². The fourth-order valence-electron chi connectivity index (χ4n) is 3.65. The summed E-state index contributed by atoms with van der Waals surface area (Å²) < 4.78 is 41.9. The van der Waals surface area contributed by atoms with Crippen molar-refractivity contribution in [3.8, 4) is 0 Å². The molecule has 26 heavy (non-hydrogen) atoms. The number of carbonyl (C=O) groups excluding carboxylic acids is 1. The number of alkyl halides is 3. The molecule has 2 rings (SSSR count). The molecule has 0 saturated heterocycles. The van der Waals surface area contributed by atoms with E-state index in [0.717, 1.165) is 31.2 Å². The smallest absolute Gasteiger partial charge is 0.425 e. The molecule has 0 spiro atoms. The molecule has 1 fully saturated rings. The van der Waals surface area contributed by atoms with Crippen LogP contribution in [-0.2, 0) is 4.74 Å². The standard InChI is InChI=1S/C21H29F3O2/c1-3-4-5-6-16-7-9-17(10-8-16)18-11-13-19(14-12-18)20(25)26-15(2)21(22,23)24/h11-17H,3-10H2,1-2H3. The molecule has 1 aromatic rings. The molecule has 5 heteroatoms. The van der Waals surface area contributed by atoms with Crippen molar-refractivity contribution in [2.45, 2.75) is 83.4 Å². The van der Waals surface area contributed by atoms with E-state index in [0.29, 0.717) is 5.92 Å². The molecule has 0 aromatic heterocycles. The second-order valence-corrected chi connectivity index (χ2v) is 7.42. The van der Waals surface area contributed by atoms with E-state index in [4.69, 9.17) is 0 Å². The van der Waals surface area contributed by atoms with Crippen LogP contribution < -0.4 is 0 Å². The zero-order valence-corrected chi connectivity index (χ0v) is 15.6. The predicted molar refractivity (Wildman–Crippen MR) is 96.2 cm³/mol. The molecule has 0 amide bonds. The highest BCUT2D eigenvalue weighted by Gasteiger charge is 2.39. The average molecular weight is 370 g/mol. The molecule has 1 aliphatic carbocycles. The minimum absolute atomic E-state index is 0.165. The molecule has 1 unspecified atom stereocenters. The maximum atomic E-state index is 12.5. The lowest BCUT2D eigenvalue weighted by Gasteiger charge is -2.29. The molecule has 0 N–H and O–H groups in total. The van der Waals surface area contributed by atoms with Crippen LogP contribution in [0.3, 0.4) is 0 Å².